The van der Waals surface area contributed by atoms with Crippen LogP contribution in [0.25, 0.3) is 0 Å². The van der Waals surface area contributed by atoms with Crippen molar-refractivity contribution < 1.29 is 5.11 Å². The van der Waals surface area contributed by atoms with Gasteiger partial charge in [0.1, 0.15) is 0 Å². The Kier molecular flexibility index (Phi) is 5.30. The molecular weight excluding hydrogens is 210 g/mol. The second kappa shape index (κ2) is 6.75. The van der Waals surface area contributed by atoms with Crippen LogP contribution in [-0.2, 0) is 0 Å². The number of aliphatic hydroxyl groups excluding tert-OH is 1. The molecule has 0 spiro atoms. The van der Waals surface area contributed by atoms with E-state index in [2.05, 4.69) is 12.2 Å². The minimum Gasteiger partial charge on any atom is -0.396 e. The molecular formula is C15H29NO. The number of hydrogen-bond acceptors (Lipinski definition) is 2. The summed E-state index contributed by atoms with van der Waals surface area (Å²) >= 11 is 0. The quantitative estimate of drug-likeness (QED) is 0.670. The second-order valence-electron chi connectivity index (χ2n) is 6.35. The van der Waals surface area contributed by atoms with Crippen LogP contribution in [0.1, 0.15) is 58.3 Å². The lowest BCUT2D eigenvalue weighted by molar-refractivity contribution is 0.224. The van der Waals surface area contributed by atoms with Gasteiger partial charge in [0, 0.05) is 12.6 Å². The average Bonchev–Trinajstić information content (AvgIpc) is 3.19. The molecule has 0 heterocycles. The topological polar surface area (TPSA) is 32.3 Å². The Bertz CT molecular complexity index is 215. The highest BCUT2D eigenvalue weighted by atomic mass is 16.3. The molecule has 0 aromatic carbocycles. The van der Waals surface area contributed by atoms with Crippen molar-refractivity contribution in [2.45, 2.75) is 64.3 Å². The van der Waals surface area contributed by atoms with Crippen LogP contribution >= 0.6 is 0 Å². The van der Waals surface area contributed by atoms with Crippen molar-refractivity contribution in [3.63, 3.8) is 0 Å². The van der Waals surface area contributed by atoms with E-state index >= 15 is 0 Å². The third-order valence-electron chi connectivity index (χ3n) is 4.62. The van der Waals surface area contributed by atoms with Gasteiger partial charge in [-0.25, -0.2) is 0 Å². The first-order valence-corrected chi connectivity index (χ1v) is 7.64. The highest BCUT2D eigenvalue weighted by Gasteiger charge is 2.34. The van der Waals surface area contributed by atoms with Gasteiger partial charge in [0.25, 0.3) is 0 Å². The van der Waals surface area contributed by atoms with E-state index in [0.29, 0.717) is 12.5 Å². The Hall–Kier alpha value is -0.0800. The van der Waals surface area contributed by atoms with Gasteiger partial charge in [0.05, 0.1) is 0 Å². The molecule has 2 fully saturated rings. The molecule has 0 bridgehead atoms. The maximum Gasteiger partial charge on any atom is 0.0456 e. The van der Waals surface area contributed by atoms with Gasteiger partial charge in [-0.05, 0) is 62.8 Å². The van der Waals surface area contributed by atoms with Crippen LogP contribution in [-0.4, -0.2) is 24.3 Å². The van der Waals surface area contributed by atoms with Gasteiger partial charge < -0.3 is 10.4 Å². The summed E-state index contributed by atoms with van der Waals surface area (Å²) in [6.45, 7) is 3.61. The summed E-state index contributed by atoms with van der Waals surface area (Å²) in [6, 6.07) is 0.791. The predicted octanol–water partition coefficient (Wildman–Crippen LogP) is 2.95. The van der Waals surface area contributed by atoms with Gasteiger partial charge >= 0.3 is 0 Å². The SMILES string of the molecule is CC(CO)CCCNC1CCCC(C2CC2)C1. The van der Waals surface area contributed by atoms with Gasteiger partial charge in [-0.1, -0.05) is 19.8 Å². The number of hydrogen-bond donors (Lipinski definition) is 2. The lowest BCUT2D eigenvalue weighted by Crippen LogP contribution is -2.35. The van der Waals surface area contributed by atoms with E-state index in [1.54, 1.807) is 0 Å². The van der Waals surface area contributed by atoms with E-state index in [9.17, 15) is 0 Å². The summed E-state index contributed by atoms with van der Waals surface area (Å²) in [6.07, 6.45) is 11.1. The highest BCUT2D eigenvalue weighted by molar-refractivity contribution is 4.87. The molecule has 3 atom stereocenters. The first kappa shape index (κ1) is 13.4. The second-order valence-corrected chi connectivity index (χ2v) is 6.35. The van der Waals surface area contributed by atoms with Gasteiger partial charge in [-0.3, -0.25) is 0 Å². The summed E-state index contributed by atoms with van der Waals surface area (Å²) in [4.78, 5) is 0. The summed E-state index contributed by atoms with van der Waals surface area (Å²) in [5.41, 5.74) is 0. The van der Waals surface area contributed by atoms with Crippen molar-refractivity contribution in [1.82, 2.24) is 5.32 Å². The molecule has 3 unspecified atom stereocenters. The third-order valence-corrected chi connectivity index (χ3v) is 4.62. The zero-order valence-electron chi connectivity index (χ0n) is 11.3. The van der Waals surface area contributed by atoms with Crippen LogP contribution in [0.3, 0.4) is 0 Å². The van der Waals surface area contributed by atoms with E-state index in [4.69, 9.17) is 5.11 Å². The van der Waals surface area contributed by atoms with Crippen molar-refractivity contribution in [2.75, 3.05) is 13.2 Å². The average molecular weight is 239 g/mol. The van der Waals surface area contributed by atoms with Crippen molar-refractivity contribution >= 4 is 0 Å². The van der Waals surface area contributed by atoms with Crippen molar-refractivity contribution in [3.05, 3.63) is 0 Å². The fourth-order valence-electron chi connectivity index (χ4n) is 3.26. The van der Waals surface area contributed by atoms with E-state index in [0.717, 1.165) is 30.8 Å². The minimum absolute atomic E-state index is 0.340. The maximum absolute atomic E-state index is 8.97. The Labute approximate surface area is 106 Å². The van der Waals surface area contributed by atoms with Gasteiger partial charge in [0.2, 0.25) is 0 Å². The molecule has 0 saturated heterocycles. The molecule has 100 valence electrons. The number of nitrogens with one attached hydrogen (secondary N) is 1. The summed E-state index contributed by atoms with van der Waals surface area (Å²) < 4.78 is 0. The molecule has 2 aliphatic rings. The van der Waals surface area contributed by atoms with E-state index < -0.39 is 0 Å². The fraction of sp³-hybridized carbons (Fsp3) is 1.00. The first-order valence-electron chi connectivity index (χ1n) is 7.64. The van der Waals surface area contributed by atoms with E-state index in [1.165, 1.54) is 44.9 Å². The lowest BCUT2D eigenvalue weighted by Gasteiger charge is -2.30. The lowest BCUT2D eigenvalue weighted by atomic mass is 9.82. The summed E-state index contributed by atoms with van der Waals surface area (Å²) in [5, 5.41) is 12.7. The molecule has 0 amide bonds. The molecule has 0 aromatic heterocycles. The Morgan fingerprint density at radius 3 is 2.71 bits per heavy atom. The van der Waals surface area contributed by atoms with Crippen LogP contribution < -0.4 is 5.32 Å². The van der Waals surface area contributed by atoms with Gasteiger partial charge in [-0.15, -0.1) is 0 Å². The predicted molar refractivity (Wildman–Crippen MR) is 72.0 cm³/mol. The largest absolute Gasteiger partial charge is 0.396 e. The molecule has 17 heavy (non-hydrogen) atoms. The van der Waals surface area contributed by atoms with Gasteiger partial charge in [0.15, 0.2) is 0 Å². The number of aliphatic hydroxyl groups is 1. The molecule has 2 saturated carbocycles. The summed E-state index contributed by atoms with van der Waals surface area (Å²) in [7, 11) is 0. The molecule has 0 aromatic rings. The number of rotatable bonds is 7. The third kappa shape index (κ3) is 4.59. The zero-order valence-corrected chi connectivity index (χ0v) is 11.3. The molecule has 2 nitrogen and oxygen atoms in total. The van der Waals surface area contributed by atoms with Crippen LogP contribution in [0.5, 0.6) is 0 Å². The van der Waals surface area contributed by atoms with Crippen molar-refractivity contribution in [3.8, 4) is 0 Å². The molecule has 0 aliphatic heterocycles. The van der Waals surface area contributed by atoms with E-state index in [1.807, 2.05) is 0 Å². The molecule has 2 N–H and O–H groups in total. The normalized spacial score (nSPS) is 31.4. The summed E-state index contributed by atoms with van der Waals surface area (Å²) in [5.74, 6) is 2.61. The van der Waals surface area contributed by atoms with Crippen LogP contribution in [0.15, 0.2) is 0 Å². The Morgan fingerprint density at radius 1 is 1.18 bits per heavy atom. The molecule has 2 aliphatic carbocycles. The fourth-order valence-corrected chi connectivity index (χ4v) is 3.26. The standard InChI is InChI=1S/C15H29NO/c1-12(11-17)4-3-9-16-15-6-2-5-14(10-15)13-7-8-13/h12-17H,2-11H2,1H3. The first-order chi connectivity index (χ1) is 8.29. The van der Waals surface area contributed by atoms with Gasteiger partial charge in [-0.2, -0.15) is 0 Å². The Morgan fingerprint density at radius 2 is 2.00 bits per heavy atom. The molecule has 2 heteroatoms. The van der Waals surface area contributed by atoms with Crippen LogP contribution in [0.2, 0.25) is 0 Å². The van der Waals surface area contributed by atoms with Crippen molar-refractivity contribution in [1.29, 1.82) is 0 Å². The van der Waals surface area contributed by atoms with E-state index in [-0.39, 0.29) is 0 Å². The zero-order chi connectivity index (χ0) is 12.1. The Balaban J connectivity index is 1.55. The van der Waals surface area contributed by atoms with Crippen molar-refractivity contribution in [2.24, 2.45) is 17.8 Å². The minimum atomic E-state index is 0.340. The maximum atomic E-state index is 8.97. The smallest absolute Gasteiger partial charge is 0.0456 e. The highest BCUT2D eigenvalue weighted by Crippen LogP contribution is 2.43. The van der Waals surface area contributed by atoms with Crippen LogP contribution in [0, 0.1) is 17.8 Å². The monoisotopic (exact) mass is 239 g/mol. The van der Waals surface area contributed by atoms with Crippen LogP contribution in [0.4, 0.5) is 0 Å². The molecule has 0 radical (unpaired) electrons. The molecule has 2 rings (SSSR count).